The molecule has 0 amide bonds. The molecule has 2 aliphatic rings. The molecule has 1 aliphatic heterocycles. The average Bonchev–Trinajstić information content (AvgIpc) is 3.10. The van der Waals surface area contributed by atoms with Gasteiger partial charge in [-0.3, -0.25) is 4.90 Å². The molecule has 2 fully saturated rings. The third kappa shape index (κ3) is 1.93. The summed E-state index contributed by atoms with van der Waals surface area (Å²) in [6.07, 6.45) is 11.8. The second-order valence-electron chi connectivity index (χ2n) is 5.58. The number of aliphatic hydroxyl groups excluding tert-OH is 1. The van der Waals surface area contributed by atoms with E-state index in [0.717, 1.165) is 31.5 Å². The smallest absolute Gasteiger partial charge is 0.115 e. The van der Waals surface area contributed by atoms with Gasteiger partial charge in [-0.1, -0.05) is 12.8 Å². The lowest BCUT2D eigenvalue weighted by atomic mass is 9.85. The van der Waals surface area contributed by atoms with Crippen molar-refractivity contribution in [2.75, 3.05) is 13.1 Å². The van der Waals surface area contributed by atoms with Gasteiger partial charge in [0.1, 0.15) is 12.4 Å². The maximum Gasteiger partial charge on any atom is 0.115 e. The van der Waals surface area contributed by atoms with Crippen molar-refractivity contribution in [1.29, 1.82) is 0 Å². The Morgan fingerprint density at radius 2 is 1.67 bits per heavy atom. The topological polar surface area (TPSA) is 49.3 Å². The summed E-state index contributed by atoms with van der Waals surface area (Å²) in [5, 5.41) is 10.8. The first-order chi connectivity index (χ1) is 8.83. The summed E-state index contributed by atoms with van der Waals surface area (Å²) in [6, 6.07) is 0. The second-order valence-corrected chi connectivity index (χ2v) is 5.58. The van der Waals surface area contributed by atoms with Gasteiger partial charge in [-0.2, -0.15) is 0 Å². The van der Waals surface area contributed by atoms with E-state index in [1.807, 2.05) is 0 Å². The van der Waals surface area contributed by atoms with Crippen LogP contribution in [0.15, 0.2) is 18.7 Å². The maximum atomic E-state index is 10.8. The minimum absolute atomic E-state index is 0.0544. The van der Waals surface area contributed by atoms with Gasteiger partial charge in [0, 0.05) is 18.0 Å². The van der Waals surface area contributed by atoms with Crippen LogP contribution in [0.3, 0.4) is 0 Å². The summed E-state index contributed by atoms with van der Waals surface area (Å²) < 4.78 is 0. The van der Waals surface area contributed by atoms with Gasteiger partial charge in [0.05, 0.1) is 5.54 Å². The summed E-state index contributed by atoms with van der Waals surface area (Å²) >= 11 is 0. The van der Waals surface area contributed by atoms with Crippen LogP contribution in [0.5, 0.6) is 0 Å². The highest BCUT2D eigenvalue weighted by Gasteiger charge is 2.46. The molecule has 1 aromatic heterocycles. The highest BCUT2D eigenvalue weighted by molar-refractivity contribution is 5.16. The molecule has 1 aliphatic carbocycles. The molecule has 1 atom stereocenters. The van der Waals surface area contributed by atoms with Crippen LogP contribution in [0.25, 0.3) is 0 Å². The van der Waals surface area contributed by atoms with E-state index in [1.165, 1.54) is 32.0 Å². The molecule has 1 saturated heterocycles. The summed E-state index contributed by atoms with van der Waals surface area (Å²) in [6.45, 7) is 2.26. The zero-order chi connectivity index (χ0) is 12.4. The quantitative estimate of drug-likeness (QED) is 0.886. The number of aliphatic hydroxyl groups is 1. The van der Waals surface area contributed by atoms with Gasteiger partial charge < -0.3 is 5.11 Å². The summed E-state index contributed by atoms with van der Waals surface area (Å²) in [7, 11) is 0. The largest absolute Gasteiger partial charge is 0.386 e. The lowest BCUT2D eigenvalue weighted by Gasteiger charge is -2.42. The molecule has 0 radical (unpaired) electrons. The number of rotatable bonds is 3. The van der Waals surface area contributed by atoms with Crippen LogP contribution in [-0.2, 0) is 0 Å². The van der Waals surface area contributed by atoms with Gasteiger partial charge in [-0.05, 0) is 38.8 Å². The number of aromatic nitrogens is 2. The molecule has 4 heteroatoms. The predicted molar refractivity (Wildman–Crippen MR) is 69.0 cm³/mol. The van der Waals surface area contributed by atoms with Crippen molar-refractivity contribution < 1.29 is 5.11 Å². The Kier molecular flexibility index (Phi) is 3.31. The molecular weight excluding hydrogens is 226 g/mol. The fourth-order valence-corrected chi connectivity index (χ4v) is 3.67. The Morgan fingerprint density at radius 3 is 2.28 bits per heavy atom. The summed E-state index contributed by atoms with van der Waals surface area (Å²) in [5.74, 6) is 0. The Labute approximate surface area is 108 Å². The normalized spacial score (nSPS) is 25.4. The third-order valence-corrected chi connectivity index (χ3v) is 4.61. The minimum atomic E-state index is -0.445. The van der Waals surface area contributed by atoms with E-state index in [4.69, 9.17) is 0 Å². The van der Waals surface area contributed by atoms with Crippen molar-refractivity contribution in [3.63, 3.8) is 0 Å². The van der Waals surface area contributed by atoms with Crippen LogP contribution in [0.4, 0.5) is 0 Å². The van der Waals surface area contributed by atoms with E-state index in [-0.39, 0.29) is 5.54 Å². The highest BCUT2D eigenvalue weighted by atomic mass is 16.3. The monoisotopic (exact) mass is 247 g/mol. The summed E-state index contributed by atoms with van der Waals surface area (Å²) in [4.78, 5) is 10.6. The van der Waals surface area contributed by atoms with Crippen LogP contribution >= 0.6 is 0 Å². The number of likely N-dealkylation sites (tertiary alicyclic amines) is 1. The van der Waals surface area contributed by atoms with Crippen LogP contribution in [-0.4, -0.2) is 38.6 Å². The van der Waals surface area contributed by atoms with Gasteiger partial charge in [-0.25, -0.2) is 9.97 Å². The van der Waals surface area contributed by atoms with Crippen molar-refractivity contribution in [2.45, 2.75) is 50.2 Å². The van der Waals surface area contributed by atoms with E-state index in [0.29, 0.717) is 0 Å². The molecule has 0 aromatic carbocycles. The zero-order valence-corrected chi connectivity index (χ0v) is 10.8. The van der Waals surface area contributed by atoms with Crippen molar-refractivity contribution in [2.24, 2.45) is 0 Å². The molecule has 98 valence electrons. The van der Waals surface area contributed by atoms with E-state index in [2.05, 4.69) is 14.9 Å². The fraction of sp³-hybridized carbons (Fsp3) is 0.714. The van der Waals surface area contributed by atoms with E-state index >= 15 is 0 Å². The van der Waals surface area contributed by atoms with Crippen molar-refractivity contribution in [1.82, 2.24) is 14.9 Å². The van der Waals surface area contributed by atoms with Gasteiger partial charge >= 0.3 is 0 Å². The molecular formula is C14H21N3O. The van der Waals surface area contributed by atoms with Crippen LogP contribution < -0.4 is 0 Å². The van der Waals surface area contributed by atoms with Gasteiger partial charge in [0.2, 0.25) is 0 Å². The first-order valence-electron chi connectivity index (χ1n) is 7.01. The Balaban J connectivity index is 1.89. The van der Waals surface area contributed by atoms with Crippen molar-refractivity contribution in [3.8, 4) is 0 Å². The average molecular weight is 247 g/mol. The molecule has 2 heterocycles. The van der Waals surface area contributed by atoms with Crippen LogP contribution in [0.2, 0.25) is 0 Å². The molecule has 3 rings (SSSR count). The zero-order valence-electron chi connectivity index (χ0n) is 10.8. The van der Waals surface area contributed by atoms with Gasteiger partial charge in [0.15, 0.2) is 0 Å². The van der Waals surface area contributed by atoms with E-state index < -0.39 is 6.10 Å². The molecule has 1 unspecified atom stereocenters. The second kappa shape index (κ2) is 4.94. The van der Waals surface area contributed by atoms with Crippen molar-refractivity contribution >= 4 is 0 Å². The number of hydrogen-bond acceptors (Lipinski definition) is 4. The fourth-order valence-electron chi connectivity index (χ4n) is 3.67. The Morgan fingerprint density at radius 1 is 1.06 bits per heavy atom. The van der Waals surface area contributed by atoms with E-state index in [1.54, 1.807) is 12.4 Å². The third-order valence-electron chi connectivity index (χ3n) is 4.61. The molecule has 4 nitrogen and oxygen atoms in total. The first-order valence-corrected chi connectivity index (χ1v) is 7.01. The molecule has 0 spiro atoms. The number of hydrogen-bond donors (Lipinski definition) is 1. The van der Waals surface area contributed by atoms with Crippen LogP contribution in [0, 0.1) is 0 Å². The maximum absolute atomic E-state index is 10.8. The molecule has 0 bridgehead atoms. The molecule has 1 saturated carbocycles. The Hall–Kier alpha value is -1.00. The lowest BCUT2D eigenvalue weighted by molar-refractivity contribution is -0.0199. The highest BCUT2D eigenvalue weighted by Crippen LogP contribution is 2.45. The first kappa shape index (κ1) is 12.1. The van der Waals surface area contributed by atoms with Crippen LogP contribution in [0.1, 0.15) is 50.2 Å². The van der Waals surface area contributed by atoms with Crippen molar-refractivity contribution in [3.05, 3.63) is 24.3 Å². The standard InChI is InChI=1S/C14H21N3O/c18-13(12-9-15-11-16-10-12)14(5-1-2-6-14)17-7-3-4-8-17/h9-11,13,18H,1-8H2. The van der Waals surface area contributed by atoms with Gasteiger partial charge in [0.25, 0.3) is 0 Å². The Bertz CT molecular complexity index is 383. The molecule has 1 N–H and O–H groups in total. The van der Waals surface area contributed by atoms with E-state index in [9.17, 15) is 5.11 Å². The molecule has 1 aromatic rings. The molecule has 18 heavy (non-hydrogen) atoms. The van der Waals surface area contributed by atoms with Gasteiger partial charge in [-0.15, -0.1) is 0 Å². The lowest BCUT2D eigenvalue weighted by Crippen LogP contribution is -2.49. The summed E-state index contributed by atoms with van der Waals surface area (Å²) in [5.41, 5.74) is 0.813. The predicted octanol–water partition coefficient (Wildman–Crippen LogP) is 1.92. The number of nitrogens with zero attached hydrogens (tertiary/aromatic N) is 3. The minimum Gasteiger partial charge on any atom is -0.386 e. The SMILES string of the molecule is OC(c1cncnc1)C1(N2CCCC2)CCCC1.